The van der Waals surface area contributed by atoms with Gasteiger partial charge in [0.25, 0.3) is 0 Å². The van der Waals surface area contributed by atoms with Gasteiger partial charge in [0.1, 0.15) is 0 Å². The third kappa shape index (κ3) is 2.41. The number of rotatable bonds is 6. The maximum atomic E-state index is 7.90. The van der Waals surface area contributed by atoms with Crippen molar-refractivity contribution in [2.75, 3.05) is 26.3 Å². The molecule has 1 fully saturated rings. The van der Waals surface area contributed by atoms with Crippen LogP contribution in [0.3, 0.4) is 0 Å². The van der Waals surface area contributed by atoms with Crippen LogP contribution >= 0.6 is 0 Å². The second kappa shape index (κ2) is 5.96. The molecule has 0 saturated carbocycles. The molecule has 0 bridgehead atoms. The van der Waals surface area contributed by atoms with E-state index in [1.807, 2.05) is 0 Å². The summed E-state index contributed by atoms with van der Waals surface area (Å²) in [6.45, 7) is 12.7. The fourth-order valence-corrected chi connectivity index (χ4v) is 3.32. The van der Waals surface area contributed by atoms with Crippen LogP contribution in [-0.4, -0.2) is 43.0 Å². The summed E-state index contributed by atoms with van der Waals surface area (Å²) in [4.78, 5) is 2.54. The highest BCUT2D eigenvalue weighted by molar-refractivity contribution is 5.65. The minimum atomic E-state index is -0.000903. The van der Waals surface area contributed by atoms with Crippen molar-refractivity contribution in [3.63, 3.8) is 0 Å². The molecule has 1 atom stereocenters. The van der Waals surface area contributed by atoms with Crippen molar-refractivity contribution in [2.24, 2.45) is 5.41 Å². The number of ether oxygens (including phenoxy) is 1. The van der Waals surface area contributed by atoms with E-state index < -0.39 is 0 Å². The smallest absolute Gasteiger partial charge is 0.0594 e. The lowest BCUT2D eigenvalue weighted by Crippen LogP contribution is -2.61. The summed E-state index contributed by atoms with van der Waals surface area (Å²) in [7, 11) is 0. The monoisotopic (exact) mass is 240 g/mol. The van der Waals surface area contributed by atoms with Gasteiger partial charge in [-0.05, 0) is 26.2 Å². The molecule has 0 aromatic heterocycles. The molecule has 0 aromatic rings. The van der Waals surface area contributed by atoms with Crippen molar-refractivity contribution in [3.05, 3.63) is 0 Å². The summed E-state index contributed by atoms with van der Waals surface area (Å²) in [6, 6.07) is 0. The SMILES string of the molecule is CCC(C=N)(CC)C(C)(CC)N1CCOCC1. The third-order valence-electron chi connectivity index (χ3n) is 5.01. The van der Waals surface area contributed by atoms with E-state index >= 15 is 0 Å². The lowest BCUT2D eigenvalue weighted by molar-refractivity contribution is -0.0578. The molecule has 1 heterocycles. The zero-order chi connectivity index (χ0) is 12.9. The molecular formula is C14H28N2O. The minimum Gasteiger partial charge on any atom is -0.379 e. The Labute approximate surface area is 106 Å². The molecule has 17 heavy (non-hydrogen) atoms. The molecule has 1 rings (SSSR count). The molecule has 0 aromatic carbocycles. The lowest BCUT2D eigenvalue weighted by Gasteiger charge is -2.53. The average Bonchev–Trinajstić information content (AvgIpc) is 2.42. The molecule has 0 aliphatic carbocycles. The summed E-state index contributed by atoms with van der Waals surface area (Å²) >= 11 is 0. The molecule has 3 heteroatoms. The number of morpholine rings is 1. The fourth-order valence-electron chi connectivity index (χ4n) is 3.32. The Kier molecular flexibility index (Phi) is 5.14. The fraction of sp³-hybridized carbons (Fsp3) is 0.929. The average molecular weight is 240 g/mol. The molecule has 1 unspecified atom stereocenters. The van der Waals surface area contributed by atoms with Crippen LogP contribution in [-0.2, 0) is 4.74 Å². The predicted molar refractivity (Wildman–Crippen MR) is 72.9 cm³/mol. The summed E-state index contributed by atoms with van der Waals surface area (Å²) in [5.41, 5.74) is 0.0844. The number of nitrogens with zero attached hydrogens (tertiary/aromatic N) is 1. The standard InChI is InChI=1S/C14H28N2O/c1-5-13(4,14(6-2,7-3)12-15)16-8-10-17-11-9-16/h12,15H,5-11H2,1-4H3. The Hall–Kier alpha value is -0.410. The Morgan fingerprint density at radius 3 is 2.00 bits per heavy atom. The molecule has 100 valence electrons. The van der Waals surface area contributed by atoms with Crippen molar-refractivity contribution in [3.8, 4) is 0 Å². The van der Waals surface area contributed by atoms with Crippen molar-refractivity contribution in [1.82, 2.24) is 4.90 Å². The van der Waals surface area contributed by atoms with Gasteiger partial charge in [-0.3, -0.25) is 4.90 Å². The summed E-state index contributed by atoms with van der Waals surface area (Å²) < 4.78 is 5.45. The molecular weight excluding hydrogens is 212 g/mol. The van der Waals surface area contributed by atoms with Gasteiger partial charge in [0.05, 0.1) is 13.2 Å². The maximum absolute atomic E-state index is 7.90. The Bertz CT molecular complexity index is 245. The van der Waals surface area contributed by atoms with Gasteiger partial charge in [0.2, 0.25) is 0 Å². The van der Waals surface area contributed by atoms with Crippen LogP contribution in [0.1, 0.15) is 47.0 Å². The third-order valence-corrected chi connectivity index (χ3v) is 5.01. The van der Waals surface area contributed by atoms with Crippen molar-refractivity contribution < 1.29 is 4.74 Å². The first-order valence-electron chi connectivity index (χ1n) is 6.94. The van der Waals surface area contributed by atoms with E-state index in [0.717, 1.165) is 45.6 Å². The summed E-state index contributed by atoms with van der Waals surface area (Å²) in [5.74, 6) is 0. The first-order chi connectivity index (χ1) is 8.10. The van der Waals surface area contributed by atoms with Crippen molar-refractivity contribution >= 4 is 6.21 Å². The van der Waals surface area contributed by atoms with Gasteiger partial charge in [-0.25, -0.2) is 0 Å². The molecule has 1 N–H and O–H groups in total. The maximum Gasteiger partial charge on any atom is 0.0594 e. The molecule has 1 aliphatic rings. The van der Waals surface area contributed by atoms with Gasteiger partial charge in [-0.2, -0.15) is 0 Å². The Morgan fingerprint density at radius 2 is 1.65 bits per heavy atom. The molecule has 0 radical (unpaired) electrons. The van der Waals surface area contributed by atoms with Crippen LogP contribution in [0, 0.1) is 10.8 Å². The number of nitrogens with one attached hydrogen (secondary N) is 1. The van der Waals surface area contributed by atoms with E-state index in [2.05, 4.69) is 32.6 Å². The van der Waals surface area contributed by atoms with Crippen LogP contribution in [0.15, 0.2) is 0 Å². The zero-order valence-corrected chi connectivity index (χ0v) is 11.9. The lowest BCUT2D eigenvalue weighted by atomic mass is 9.65. The Morgan fingerprint density at radius 1 is 1.12 bits per heavy atom. The van der Waals surface area contributed by atoms with E-state index in [9.17, 15) is 0 Å². The first-order valence-corrected chi connectivity index (χ1v) is 6.94. The number of hydrogen-bond donors (Lipinski definition) is 1. The molecule has 1 saturated heterocycles. The van der Waals surface area contributed by atoms with Crippen molar-refractivity contribution in [2.45, 2.75) is 52.5 Å². The van der Waals surface area contributed by atoms with Gasteiger partial charge >= 0.3 is 0 Å². The van der Waals surface area contributed by atoms with Crippen LogP contribution in [0.4, 0.5) is 0 Å². The van der Waals surface area contributed by atoms with Crippen molar-refractivity contribution in [1.29, 1.82) is 5.41 Å². The summed E-state index contributed by atoms with van der Waals surface area (Å²) in [5, 5.41) is 7.90. The van der Waals surface area contributed by atoms with Crippen LogP contribution in [0.25, 0.3) is 0 Å². The highest BCUT2D eigenvalue weighted by atomic mass is 16.5. The quantitative estimate of drug-likeness (QED) is 0.725. The normalized spacial score (nSPS) is 22.1. The van der Waals surface area contributed by atoms with Gasteiger partial charge < -0.3 is 10.1 Å². The van der Waals surface area contributed by atoms with Gasteiger partial charge in [-0.1, -0.05) is 20.8 Å². The van der Waals surface area contributed by atoms with E-state index in [1.165, 1.54) is 0 Å². The van der Waals surface area contributed by atoms with Crippen LogP contribution in [0.2, 0.25) is 0 Å². The first kappa shape index (κ1) is 14.7. The van der Waals surface area contributed by atoms with E-state index in [-0.39, 0.29) is 11.0 Å². The number of hydrogen-bond acceptors (Lipinski definition) is 3. The van der Waals surface area contributed by atoms with Gasteiger partial charge in [-0.15, -0.1) is 0 Å². The Balaban J connectivity index is 3.02. The van der Waals surface area contributed by atoms with E-state index in [4.69, 9.17) is 10.1 Å². The predicted octanol–water partition coefficient (Wildman–Crippen LogP) is 2.94. The molecule has 1 aliphatic heterocycles. The van der Waals surface area contributed by atoms with E-state index in [1.54, 1.807) is 6.21 Å². The molecule has 0 amide bonds. The second-order valence-electron chi connectivity index (χ2n) is 5.23. The summed E-state index contributed by atoms with van der Waals surface area (Å²) in [6.07, 6.45) is 4.86. The highest BCUT2D eigenvalue weighted by Crippen LogP contribution is 2.43. The highest BCUT2D eigenvalue weighted by Gasteiger charge is 2.47. The molecule has 3 nitrogen and oxygen atoms in total. The second-order valence-corrected chi connectivity index (χ2v) is 5.23. The molecule has 0 spiro atoms. The van der Waals surface area contributed by atoms with Crippen LogP contribution in [0.5, 0.6) is 0 Å². The van der Waals surface area contributed by atoms with Gasteiger partial charge in [0, 0.05) is 30.3 Å². The largest absolute Gasteiger partial charge is 0.379 e. The minimum absolute atomic E-state index is 0.000903. The van der Waals surface area contributed by atoms with Crippen LogP contribution < -0.4 is 0 Å². The zero-order valence-electron chi connectivity index (χ0n) is 11.9. The van der Waals surface area contributed by atoms with E-state index in [0.29, 0.717) is 0 Å². The topological polar surface area (TPSA) is 36.3 Å². The van der Waals surface area contributed by atoms with Gasteiger partial charge in [0.15, 0.2) is 0 Å².